The van der Waals surface area contributed by atoms with Crippen LogP contribution in [0.15, 0.2) is 42.7 Å². The molecule has 2 aliphatic rings. The number of carbonyl (C=O) groups is 1. The van der Waals surface area contributed by atoms with Crippen molar-refractivity contribution in [2.75, 3.05) is 7.05 Å². The Morgan fingerprint density at radius 3 is 2.50 bits per heavy atom. The topological polar surface area (TPSA) is 46.1 Å². The van der Waals surface area contributed by atoms with Crippen molar-refractivity contribution < 1.29 is 4.79 Å². The predicted octanol–water partition coefficient (Wildman–Crippen LogP) is 2.87. The summed E-state index contributed by atoms with van der Waals surface area (Å²) in [5.74, 6) is 1.11. The van der Waals surface area contributed by atoms with Gasteiger partial charge in [0.25, 0.3) is 0 Å². The minimum absolute atomic E-state index is 0.151. The van der Waals surface area contributed by atoms with Gasteiger partial charge in [-0.25, -0.2) is 9.97 Å². The van der Waals surface area contributed by atoms with E-state index >= 15 is 0 Å². The second kappa shape index (κ2) is 5.20. The van der Waals surface area contributed by atoms with Gasteiger partial charge in [0.2, 0.25) is 5.91 Å². The molecule has 4 rings (SSSR count). The first-order valence-electron chi connectivity index (χ1n) is 7.90. The number of hydrogen-bond donors (Lipinski definition) is 0. The Balaban J connectivity index is 1.65. The monoisotopic (exact) mass is 293 g/mol. The number of fused-ring (bicyclic) bond motifs is 1. The Hall–Kier alpha value is -2.23. The van der Waals surface area contributed by atoms with Gasteiger partial charge < -0.3 is 4.90 Å². The van der Waals surface area contributed by atoms with Crippen LogP contribution >= 0.6 is 0 Å². The summed E-state index contributed by atoms with van der Waals surface area (Å²) >= 11 is 0. The third-order valence-electron chi connectivity index (χ3n) is 5.13. The molecule has 112 valence electrons. The van der Waals surface area contributed by atoms with Gasteiger partial charge in [0, 0.05) is 31.0 Å². The maximum Gasteiger partial charge on any atom is 0.233 e. The van der Waals surface area contributed by atoms with Crippen molar-refractivity contribution in [1.82, 2.24) is 14.9 Å². The normalized spacial score (nSPS) is 27.2. The van der Waals surface area contributed by atoms with Gasteiger partial charge in [-0.3, -0.25) is 4.79 Å². The molecule has 1 saturated heterocycles. The summed E-state index contributed by atoms with van der Waals surface area (Å²) < 4.78 is 0. The minimum atomic E-state index is -0.151. The molecule has 2 aromatic rings. The number of nitrogens with zero attached hydrogens (tertiary/aromatic N) is 3. The van der Waals surface area contributed by atoms with Crippen LogP contribution in [0.1, 0.15) is 31.0 Å². The number of likely N-dealkylation sites (tertiary alicyclic amines) is 1. The van der Waals surface area contributed by atoms with Gasteiger partial charge in [-0.1, -0.05) is 36.8 Å². The highest BCUT2D eigenvalue weighted by atomic mass is 16.2. The highest BCUT2D eigenvalue weighted by Gasteiger charge is 2.50. The van der Waals surface area contributed by atoms with Gasteiger partial charge in [-0.15, -0.1) is 0 Å². The number of rotatable bonds is 2. The molecule has 0 bridgehead atoms. The van der Waals surface area contributed by atoms with E-state index in [1.54, 1.807) is 0 Å². The lowest BCUT2D eigenvalue weighted by Gasteiger charge is -2.17. The average Bonchev–Trinajstić information content (AvgIpc) is 3.12. The zero-order chi connectivity index (χ0) is 15.1. The zero-order valence-corrected chi connectivity index (χ0v) is 12.6. The molecule has 4 heteroatoms. The molecule has 0 radical (unpaired) electrons. The lowest BCUT2D eigenvalue weighted by molar-refractivity contribution is -0.129. The Kier molecular flexibility index (Phi) is 3.17. The van der Waals surface area contributed by atoms with Crippen LogP contribution in [-0.2, 0) is 4.79 Å². The second-order valence-corrected chi connectivity index (χ2v) is 6.28. The van der Waals surface area contributed by atoms with Gasteiger partial charge in [0.15, 0.2) is 0 Å². The number of carbonyl (C=O) groups excluding carboxylic acids is 1. The molecule has 22 heavy (non-hydrogen) atoms. The first kappa shape index (κ1) is 13.4. The number of likely N-dealkylation sites (N-methyl/N-ethyl adjacent to an activating group) is 1. The van der Waals surface area contributed by atoms with Crippen LogP contribution in [0.2, 0.25) is 0 Å². The third-order valence-corrected chi connectivity index (χ3v) is 5.13. The summed E-state index contributed by atoms with van der Waals surface area (Å²) in [6, 6.07) is 10.5. The van der Waals surface area contributed by atoms with Crippen molar-refractivity contribution in [3.8, 4) is 11.1 Å². The maximum absolute atomic E-state index is 12.5. The summed E-state index contributed by atoms with van der Waals surface area (Å²) in [6.07, 6.45) is 7.10. The van der Waals surface area contributed by atoms with E-state index in [-0.39, 0.29) is 11.8 Å². The van der Waals surface area contributed by atoms with Crippen LogP contribution in [0, 0.1) is 5.92 Å². The number of hydrogen-bond acceptors (Lipinski definition) is 3. The molecule has 1 amide bonds. The van der Waals surface area contributed by atoms with E-state index in [1.165, 1.54) is 6.42 Å². The van der Waals surface area contributed by atoms with E-state index in [4.69, 9.17) is 0 Å². The predicted molar refractivity (Wildman–Crippen MR) is 84.1 cm³/mol. The first-order chi connectivity index (χ1) is 10.8. The molecule has 1 aromatic carbocycles. The van der Waals surface area contributed by atoms with Crippen molar-refractivity contribution >= 4 is 5.91 Å². The number of amides is 1. The van der Waals surface area contributed by atoms with Crippen LogP contribution in [0.3, 0.4) is 0 Å². The van der Waals surface area contributed by atoms with Crippen LogP contribution in [0.25, 0.3) is 11.1 Å². The van der Waals surface area contributed by atoms with E-state index in [0.29, 0.717) is 17.8 Å². The van der Waals surface area contributed by atoms with Crippen LogP contribution in [0.5, 0.6) is 0 Å². The summed E-state index contributed by atoms with van der Waals surface area (Å²) in [5, 5.41) is 0. The van der Waals surface area contributed by atoms with Gasteiger partial charge in [0.05, 0.1) is 0 Å². The Bertz CT molecular complexity index is 683. The van der Waals surface area contributed by atoms with Crippen molar-refractivity contribution in [2.24, 2.45) is 5.92 Å². The molecule has 0 unspecified atom stereocenters. The Morgan fingerprint density at radius 2 is 1.77 bits per heavy atom. The van der Waals surface area contributed by atoms with Crippen molar-refractivity contribution in [1.29, 1.82) is 0 Å². The van der Waals surface area contributed by atoms with Crippen molar-refractivity contribution in [3.63, 3.8) is 0 Å². The summed E-state index contributed by atoms with van der Waals surface area (Å²) in [7, 11) is 1.92. The molecule has 0 N–H and O–H groups in total. The molecule has 2 heterocycles. The molecule has 1 aromatic heterocycles. The Labute approximate surface area is 130 Å². The van der Waals surface area contributed by atoms with Crippen LogP contribution in [0.4, 0.5) is 0 Å². The molecule has 1 aliphatic heterocycles. The smallest absolute Gasteiger partial charge is 0.233 e. The lowest BCUT2D eigenvalue weighted by atomic mass is 9.91. The summed E-state index contributed by atoms with van der Waals surface area (Å²) in [4.78, 5) is 23.5. The minimum Gasteiger partial charge on any atom is -0.342 e. The van der Waals surface area contributed by atoms with Crippen molar-refractivity contribution in [2.45, 2.75) is 31.2 Å². The SMILES string of the molecule is CN1C(=O)[C@@H](c2ncc(-c3ccccc3)cn2)[C@@H]2CCC[C@@H]21. The fraction of sp³-hybridized carbons (Fsp3) is 0.389. The number of aromatic nitrogens is 2. The maximum atomic E-state index is 12.5. The zero-order valence-electron chi connectivity index (χ0n) is 12.6. The fourth-order valence-corrected chi connectivity index (χ4v) is 3.99. The van der Waals surface area contributed by atoms with Gasteiger partial charge >= 0.3 is 0 Å². The molecular weight excluding hydrogens is 274 g/mol. The molecule has 4 nitrogen and oxygen atoms in total. The molecule has 2 fully saturated rings. The van der Waals surface area contributed by atoms with E-state index in [9.17, 15) is 4.79 Å². The quantitative estimate of drug-likeness (QED) is 0.855. The van der Waals surface area contributed by atoms with E-state index in [0.717, 1.165) is 24.0 Å². The average molecular weight is 293 g/mol. The molecule has 1 saturated carbocycles. The molecule has 1 aliphatic carbocycles. The van der Waals surface area contributed by atoms with Crippen LogP contribution < -0.4 is 0 Å². The lowest BCUT2D eigenvalue weighted by Crippen LogP contribution is -2.29. The molecular formula is C18H19N3O. The first-order valence-corrected chi connectivity index (χ1v) is 7.90. The van der Waals surface area contributed by atoms with Crippen LogP contribution in [-0.4, -0.2) is 33.9 Å². The second-order valence-electron chi connectivity index (χ2n) is 6.28. The standard InChI is InChI=1S/C18H19N3O/c1-21-15-9-5-8-14(15)16(18(21)22)17-19-10-13(11-20-17)12-6-3-2-4-7-12/h2-4,6-7,10-11,14-16H,5,8-9H2,1H3/t14-,15+,16-/m1/s1. The highest BCUT2D eigenvalue weighted by molar-refractivity contribution is 5.86. The Morgan fingerprint density at radius 1 is 1.05 bits per heavy atom. The van der Waals surface area contributed by atoms with Gasteiger partial charge in [0.1, 0.15) is 11.7 Å². The highest BCUT2D eigenvalue weighted by Crippen LogP contribution is 2.45. The van der Waals surface area contributed by atoms with E-state index < -0.39 is 0 Å². The number of benzene rings is 1. The fourth-order valence-electron chi connectivity index (χ4n) is 3.99. The van der Waals surface area contributed by atoms with Gasteiger partial charge in [-0.05, 0) is 24.3 Å². The largest absolute Gasteiger partial charge is 0.342 e. The summed E-state index contributed by atoms with van der Waals surface area (Å²) in [6.45, 7) is 0. The third kappa shape index (κ3) is 2.02. The van der Waals surface area contributed by atoms with Gasteiger partial charge in [-0.2, -0.15) is 0 Å². The molecule has 0 spiro atoms. The summed E-state index contributed by atoms with van der Waals surface area (Å²) in [5.41, 5.74) is 2.09. The van der Waals surface area contributed by atoms with E-state index in [1.807, 2.05) is 54.7 Å². The molecule has 3 atom stereocenters. The van der Waals surface area contributed by atoms with Crippen molar-refractivity contribution in [3.05, 3.63) is 48.5 Å². The van der Waals surface area contributed by atoms with E-state index in [2.05, 4.69) is 9.97 Å².